The highest BCUT2D eigenvalue weighted by Gasteiger charge is 2.14. The van der Waals surface area contributed by atoms with Crippen molar-refractivity contribution in [3.8, 4) is 0 Å². The summed E-state index contributed by atoms with van der Waals surface area (Å²) in [6, 6.07) is 6.20. The second-order valence-corrected chi connectivity index (χ2v) is 5.28. The molecule has 3 heteroatoms. The van der Waals surface area contributed by atoms with Gasteiger partial charge in [-0.25, -0.2) is 0 Å². The van der Waals surface area contributed by atoms with Crippen LogP contribution in [0.4, 0.5) is 0 Å². The van der Waals surface area contributed by atoms with Crippen molar-refractivity contribution >= 4 is 5.78 Å². The van der Waals surface area contributed by atoms with Crippen LogP contribution in [0.15, 0.2) is 30.6 Å². The summed E-state index contributed by atoms with van der Waals surface area (Å²) in [6.07, 6.45) is 8.64. The molecule has 1 aromatic heterocycles. The standard InChI is InChI=1S/C16H18N2O/c1-18-11-12(10-17-18)5-8-16(19)15-7-6-13-3-2-4-14(13)9-15/h6-7,9-11H,2-5,8H2,1H3. The number of hydrogen-bond donors (Lipinski definition) is 0. The molecule has 98 valence electrons. The van der Waals surface area contributed by atoms with E-state index in [-0.39, 0.29) is 5.78 Å². The molecule has 0 saturated carbocycles. The monoisotopic (exact) mass is 254 g/mol. The average molecular weight is 254 g/mol. The zero-order valence-electron chi connectivity index (χ0n) is 11.2. The minimum Gasteiger partial charge on any atom is -0.294 e. The summed E-state index contributed by atoms with van der Waals surface area (Å²) in [6.45, 7) is 0. The van der Waals surface area contributed by atoms with Crippen LogP contribution >= 0.6 is 0 Å². The molecule has 2 aromatic rings. The maximum absolute atomic E-state index is 12.2. The van der Waals surface area contributed by atoms with Gasteiger partial charge in [-0.1, -0.05) is 12.1 Å². The number of carbonyl (C=O) groups excluding carboxylic acids is 1. The van der Waals surface area contributed by atoms with Gasteiger partial charge >= 0.3 is 0 Å². The first-order valence-corrected chi connectivity index (χ1v) is 6.85. The fourth-order valence-electron chi connectivity index (χ4n) is 2.75. The Morgan fingerprint density at radius 3 is 2.95 bits per heavy atom. The van der Waals surface area contributed by atoms with E-state index in [1.165, 1.54) is 24.0 Å². The molecule has 0 atom stereocenters. The summed E-state index contributed by atoms with van der Waals surface area (Å²) in [5.74, 6) is 0.235. The number of ketones is 1. The van der Waals surface area contributed by atoms with Crippen LogP contribution in [0.25, 0.3) is 0 Å². The summed E-state index contributed by atoms with van der Waals surface area (Å²) >= 11 is 0. The van der Waals surface area contributed by atoms with Gasteiger partial charge in [0, 0.05) is 25.2 Å². The van der Waals surface area contributed by atoms with Crippen molar-refractivity contribution in [2.75, 3.05) is 0 Å². The number of aromatic nitrogens is 2. The Morgan fingerprint density at radius 2 is 2.16 bits per heavy atom. The lowest BCUT2D eigenvalue weighted by Gasteiger charge is -2.04. The number of fused-ring (bicyclic) bond motifs is 1. The van der Waals surface area contributed by atoms with E-state index in [4.69, 9.17) is 0 Å². The highest BCUT2D eigenvalue weighted by atomic mass is 16.1. The lowest BCUT2D eigenvalue weighted by Crippen LogP contribution is -2.02. The molecule has 3 rings (SSSR count). The Bertz CT molecular complexity index is 613. The normalized spacial score (nSPS) is 13.5. The maximum atomic E-state index is 12.2. The van der Waals surface area contributed by atoms with Crippen LogP contribution in [0.3, 0.4) is 0 Å². The van der Waals surface area contributed by atoms with Crippen LogP contribution in [0.2, 0.25) is 0 Å². The van der Waals surface area contributed by atoms with Gasteiger partial charge in [-0.3, -0.25) is 9.48 Å². The summed E-state index contributed by atoms with van der Waals surface area (Å²) in [4.78, 5) is 12.2. The molecule has 19 heavy (non-hydrogen) atoms. The molecule has 0 bridgehead atoms. The zero-order chi connectivity index (χ0) is 13.2. The molecule has 0 radical (unpaired) electrons. The van der Waals surface area contributed by atoms with Crippen LogP contribution in [0.5, 0.6) is 0 Å². The second-order valence-electron chi connectivity index (χ2n) is 5.28. The summed E-state index contributed by atoms with van der Waals surface area (Å²) in [5, 5.41) is 4.12. The fourth-order valence-corrected chi connectivity index (χ4v) is 2.75. The Hall–Kier alpha value is -1.90. The highest BCUT2D eigenvalue weighted by molar-refractivity contribution is 5.96. The molecule has 0 spiro atoms. The third-order valence-electron chi connectivity index (χ3n) is 3.82. The van der Waals surface area contributed by atoms with E-state index in [9.17, 15) is 4.79 Å². The third kappa shape index (κ3) is 2.60. The Morgan fingerprint density at radius 1 is 1.32 bits per heavy atom. The summed E-state index contributed by atoms with van der Waals surface area (Å²) < 4.78 is 1.77. The Balaban J connectivity index is 1.67. The van der Waals surface area contributed by atoms with E-state index in [1.54, 1.807) is 4.68 Å². The lowest BCUT2D eigenvalue weighted by molar-refractivity contribution is 0.0982. The largest absolute Gasteiger partial charge is 0.294 e. The molecule has 3 nitrogen and oxygen atoms in total. The van der Waals surface area contributed by atoms with Crippen molar-refractivity contribution in [2.45, 2.75) is 32.1 Å². The van der Waals surface area contributed by atoms with Crippen LogP contribution < -0.4 is 0 Å². The number of aryl methyl sites for hydroxylation is 4. The van der Waals surface area contributed by atoms with E-state index in [0.29, 0.717) is 6.42 Å². The third-order valence-corrected chi connectivity index (χ3v) is 3.82. The number of rotatable bonds is 4. The van der Waals surface area contributed by atoms with Crippen LogP contribution in [-0.2, 0) is 26.3 Å². The minimum absolute atomic E-state index is 0.235. The van der Waals surface area contributed by atoms with Gasteiger partial charge in [0.25, 0.3) is 0 Å². The van der Waals surface area contributed by atoms with Crippen molar-refractivity contribution in [1.29, 1.82) is 0 Å². The van der Waals surface area contributed by atoms with Gasteiger partial charge in [0.05, 0.1) is 6.20 Å². The van der Waals surface area contributed by atoms with Gasteiger partial charge in [0.15, 0.2) is 5.78 Å². The Labute approximate surface area is 113 Å². The molecule has 1 aliphatic carbocycles. The lowest BCUT2D eigenvalue weighted by atomic mass is 10.0. The molecule has 0 amide bonds. The molecule has 0 unspecified atom stereocenters. The number of carbonyl (C=O) groups is 1. The van der Waals surface area contributed by atoms with Gasteiger partial charge in [-0.2, -0.15) is 5.10 Å². The average Bonchev–Trinajstić information content (AvgIpc) is 3.03. The summed E-state index contributed by atoms with van der Waals surface area (Å²) in [7, 11) is 1.89. The molecule has 1 aromatic carbocycles. The van der Waals surface area contributed by atoms with E-state index >= 15 is 0 Å². The second kappa shape index (κ2) is 5.00. The van der Waals surface area contributed by atoms with E-state index in [1.807, 2.05) is 25.5 Å². The Kier molecular flexibility index (Phi) is 3.20. The van der Waals surface area contributed by atoms with Crippen molar-refractivity contribution in [2.24, 2.45) is 7.05 Å². The first kappa shape index (κ1) is 12.2. The molecule has 0 saturated heterocycles. The number of benzene rings is 1. The number of Topliss-reactive ketones (excluding diaryl/α,β-unsaturated/α-hetero) is 1. The van der Waals surface area contributed by atoms with E-state index in [0.717, 1.165) is 24.0 Å². The first-order valence-electron chi connectivity index (χ1n) is 6.85. The van der Waals surface area contributed by atoms with Crippen molar-refractivity contribution in [3.63, 3.8) is 0 Å². The fraction of sp³-hybridized carbons (Fsp3) is 0.375. The predicted octanol–water partition coefficient (Wildman–Crippen LogP) is 2.72. The molecule has 1 aliphatic rings. The van der Waals surface area contributed by atoms with Crippen LogP contribution in [0.1, 0.15) is 39.9 Å². The van der Waals surface area contributed by atoms with Gasteiger partial charge < -0.3 is 0 Å². The molecule has 0 N–H and O–H groups in total. The SMILES string of the molecule is Cn1cc(CCC(=O)c2ccc3c(c2)CCC3)cn1. The maximum Gasteiger partial charge on any atom is 0.163 e. The predicted molar refractivity (Wildman–Crippen MR) is 74.3 cm³/mol. The van der Waals surface area contributed by atoms with E-state index < -0.39 is 0 Å². The van der Waals surface area contributed by atoms with Crippen molar-refractivity contribution < 1.29 is 4.79 Å². The topological polar surface area (TPSA) is 34.9 Å². The molecular weight excluding hydrogens is 236 g/mol. The van der Waals surface area contributed by atoms with Gasteiger partial charge in [0.2, 0.25) is 0 Å². The van der Waals surface area contributed by atoms with Crippen LogP contribution in [0, 0.1) is 0 Å². The smallest absolute Gasteiger partial charge is 0.163 e. The van der Waals surface area contributed by atoms with Crippen molar-refractivity contribution in [1.82, 2.24) is 9.78 Å². The van der Waals surface area contributed by atoms with Crippen LogP contribution in [-0.4, -0.2) is 15.6 Å². The van der Waals surface area contributed by atoms with Crippen molar-refractivity contribution in [3.05, 3.63) is 52.8 Å². The molecule has 0 fully saturated rings. The van der Waals surface area contributed by atoms with Gasteiger partial charge in [-0.15, -0.1) is 0 Å². The molecular formula is C16H18N2O. The number of hydrogen-bond acceptors (Lipinski definition) is 2. The first-order chi connectivity index (χ1) is 9.22. The summed E-state index contributed by atoms with van der Waals surface area (Å²) in [5.41, 5.74) is 4.78. The zero-order valence-corrected chi connectivity index (χ0v) is 11.2. The highest BCUT2D eigenvalue weighted by Crippen LogP contribution is 2.23. The number of nitrogens with zero attached hydrogens (tertiary/aromatic N) is 2. The van der Waals surface area contributed by atoms with Gasteiger partial charge in [-0.05, 0) is 48.4 Å². The molecule has 1 heterocycles. The molecule has 0 aliphatic heterocycles. The minimum atomic E-state index is 0.235. The van der Waals surface area contributed by atoms with E-state index in [2.05, 4.69) is 17.2 Å². The van der Waals surface area contributed by atoms with Gasteiger partial charge in [0.1, 0.15) is 0 Å². The quantitative estimate of drug-likeness (QED) is 0.786.